The number of rotatable bonds is 4. The van der Waals surface area contributed by atoms with E-state index in [1.54, 1.807) is 24.4 Å². The van der Waals surface area contributed by atoms with Gasteiger partial charge in [0.1, 0.15) is 5.82 Å². The van der Waals surface area contributed by atoms with E-state index in [1.165, 1.54) is 12.1 Å². The monoisotopic (exact) mass is 246 g/mol. The fourth-order valence-electron chi connectivity index (χ4n) is 1.61. The highest BCUT2D eigenvalue weighted by atomic mass is 19.1. The van der Waals surface area contributed by atoms with Crippen LogP contribution in [0.1, 0.15) is 0 Å². The Morgan fingerprint density at radius 1 is 1.22 bits per heavy atom. The predicted octanol–water partition coefficient (Wildman–Crippen LogP) is 1.68. The van der Waals surface area contributed by atoms with Crippen molar-refractivity contribution in [1.82, 2.24) is 9.97 Å². The first kappa shape index (κ1) is 12.4. The van der Waals surface area contributed by atoms with Crippen molar-refractivity contribution in [2.45, 2.75) is 0 Å². The van der Waals surface area contributed by atoms with Gasteiger partial charge in [0.05, 0.1) is 5.69 Å². The molecule has 2 rings (SSSR count). The van der Waals surface area contributed by atoms with Gasteiger partial charge in [-0.05, 0) is 30.3 Å². The molecule has 0 aliphatic heterocycles. The first-order valence-electron chi connectivity index (χ1n) is 5.71. The quantitative estimate of drug-likeness (QED) is 0.891. The van der Waals surface area contributed by atoms with Gasteiger partial charge in [0, 0.05) is 31.9 Å². The van der Waals surface area contributed by atoms with Crippen LogP contribution in [-0.4, -0.2) is 30.1 Å². The molecule has 0 saturated carbocycles. The lowest BCUT2D eigenvalue weighted by Gasteiger charge is -2.16. The highest BCUT2D eigenvalue weighted by Gasteiger charge is 2.06. The highest BCUT2D eigenvalue weighted by Crippen LogP contribution is 2.18. The average molecular weight is 246 g/mol. The van der Waals surface area contributed by atoms with Crippen molar-refractivity contribution in [3.8, 4) is 11.3 Å². The lowest BCUT2D eigenvalue weighted by Crippen LogP contribution is -2.26. The Morgan fingerprint density at radius 3 is 2.61 bits per heavy atom. The van der Waals surface area contributed by atoms with Crippen LogP contribution in [0.4, 0.5) is 10.3 Å². The zero-order valence-corrected chi connectivity index (χ0v) is 10.2. The Bertz CT molecular complexity index is 513. The molecule has 0 unspecified atom stereocenters. The third-order valence-electron chi connectivity index (χ3n) is 2.59. The molecule has 0 radical (unpaired) electrons. The van der Waals surface area contributed by atoms with E-state index in [0.717, 1.165) is 11.3 Å². The zero-order chi connectivity index (χ0) is 13.0. The minimum atomic E-state index is -0.256. The second-order valence-corrected chi connectivity index (χ2v) is 3.96. The molecule has 4 nitrogen and oxygen atoms in total. The van der Waals surface area contributed by atoms with Gasteiger partial charge in [0.2, 0.25) is 5.95 Å². The van der Waals surface area contributed by atoms with E-state index in [9.17, 15) is 4.39 Å². The van der Waals surface area contributed by atoms with Crippen LogP contribution in [0, 0.1) is 5.82 Å². The summed E-state index contributed by atoms with van der Waals surface area (Å²) in [6.07, 6.45) is 1.69. The molecule has 1 aromatic carbocycles. The summed E-state index contributed by atoms with van der Waals surface area (Å²) in [4.78, 5) is 10.5. The van der Waals surface area contributed by atoms with E-state index in [0.29, 0.717) is 19.0 Å². The summed E-state index contributed by atoms with van der Waals surface area (Å²) >= 11 is 0. The van der Waals surface area contributed by atoms with Crippen LogP contribution in [0.5, 0.6) is 0 Å². The maximum Gasteiger partial charge on any atom is 0.225 e. The summed E-state index contributed by atoms with van der Waals surface area (Å²) in [6.45, 7) is 1.23. The van der Waals surface area contributed by atoms with Gasteiger partial charge in [0.15, 0.2) is 0 Å². The van der Waals surface area contributed by atoms with E-state index in [-0.39, 0.29) is 5.82 Å². The van der Waals surface area contributed by atoms with E-state index >= 15 is 0 Å². The first-order chi connectivity index (χ1) is 8.70. The molecule has 2 aromatic rings. The van der Waals surface area contributed by atoms with Crippen LogP contribution >= 0.6 is 0 Å². The fourth-order valence-corrected chi connectivity index (χ4v) is 1.61. The molecule has 0 saturated heterocycles. The number of hydrogen-bond donors (Lipinski definition) is 1. The average Bonchev–Trinajstić information content (AvgIpc) is 2.40. The topological polar surface area (TPSA) is 55.0 Å². The molecule has 0 aliphatic carbocycles. The number of nitrogens with two attached hydrogens (primary N) is 1. The Kier molecular flexibility index (Phi) is 3.84. The van der Waals surface area contributed by atoms with E-state index in [4.69, 9.17) is 5.73 Å². The van der Waals surface area contributed by atoms with Gasteiger partial charge >= 0.3 is 0 Å². The van der Waals surface area contributed by atoms with Gasteiger partial charge in [-0.3, -0.25) is 0 Å². The Morgan fingerprint density at radius 2 is 1.94 bits per heavy atom. The van der Waals surface area contributed by atoms with Crippen LogP contribution < -0.4 is 10.6 Å². The second kappa shape index (κ2) is 5.55. The SMILES string of the molecule is CN(CCN)c1nccc(-c2ccc(F)cc2)n1. The smallest absolute Gasteiger partial charge is 0.225 e. The molecule has 0 fully saturated rings. The number of likely N-dealkylation sites (N-methyl/N-ethyl adjacent to an activating group) is 1. The van der Waals surface area contributed by atoms with Crippen molar-refractivity contribution < 1.29 is 4.39 Å². The van der Waals surface area contributed by atoms with Crippen LogP contribution in [0.15, 0.2) is 36.5 Å². The fraction of sp³-hybridized carbons (Fsp3) is 0.231. The predicted molar refractivity (Wildman–Crippen MR) is 69.8 cm³/mol. The van der Waals surface area contributed by atoms with Crippen molar-refractivity contribution in [2.24, 2.45) is 5.73 Å². The van der Waals surface area contributed by atoms with Crippen LogP contribution in [0.3, 0.4) is 0 Å². The van der Waals surface area contributed by atoms with Crippen molar-refractivity contribution >= 4 is 5.95 Å². The molecular weight excluding hydrogens is 231 g/mol. The van der Waals surface area contributed by atoms with E-state index in [2.05, 4.69) is 9.97 Å². The molecule has 18 heavy (non-hydrogen) atoms. The summed E-state index contributed by atoms with van der Waals surface area (Å²) in [5.74, 6) is 0.357. The van der Waals surface area contributed by atoms with Crippen LogP contribution in [0.25, 0.3) is 11.3 Å². The molecule has 1 heterocycles. The lowest BCUT2D eigenvalue weighted by molar-refractivity contribution is 0.628. The maximum atomic E-state index is 12.9. The normalized spacial score (nSPS) is 10.4. The summed E-state index contributed by atoms with van der Waals surface area (Å²) < 4.78 is 12.9. The second-order valence-electron chi connectivity index (χ2n) is 3.96. The van der Waals surface area contributed by atoms with Gasteiger partial charge in [-0.25, -0.2) is 14.4 Å². The summed E-state index contributed by atoms with van der Waals surface area (Å²) in [5, 5.41) is 0. The van der Waals surface area contributed by atoms with Crippen molar-refractivity contribution in [2.75, 3.05) is 25.0 Å². The summed E-state index contributed by atoms with van der Waals surface area (Å²) in [5.41, 5.74) is 7.12. The molecule has 5 heteroatoms. The maximum absolute atomic E-state index is 12.9. The molecule has 1 aromatic heterocycles. The van der Waals surface area contributed by atoms with Gasteiger partial charge in [0.25, 0.3) is 0 Å². The highest BCUT2D eigenvalue weighted by molar-refractivity contribution is 5.59. The van der Waals surface area contributed by atoms with Gasteiger partial charge in [-0.1, -0.05) is 0 Å². The van der Waals surface area contributed by atoms with E-state index < -0.39 is 0 Å². The third-order valence-corrected chi connectivity index (χ3v) is 2.59. The largest absolute Gasteiger partial charge is 0.343 e. The number of hydrogen-bond acceptors (Lipinski definition) is 4. The molecule has 0 amide bonds. The first-order valence-corrected chi connectivity index (χ1v) is 5.71. The standard InChI is InChI=1S/C13H15FN4/c1-18(9-7-15)13-16-8-6-12(17-13)10-2-4-11(14)5-3-10/h2-6,8H,7,9,15H2,1H3. The number of anilines is 1. The van der Waals surface area contributed by atoms with Crippen molar-refractivity contribution in [3.63, 3.8) is 0 Å². The minimum absolute atomic E-state index is 0.256. The molecule has 0 spiro atoms. The minimum Gasteiger partial charge on any atom is -0.343 e. The van der Waals surface area contributed by atoms with Crippen molar-refractivity contribution in [1.29, 1.82) is 0 Å². The molecule has 0 aliphatic rings. The molecular formula is C13H15FN4. The van der Waals surface area contributed by atoms with Gasteiger partial charge in [-0.2, -0.15) is 0 Å². The number of benzene rings is 1. The van der Waals surface area contributed by atoms with Crippen molar-refractivity contribution in [3.05, 3.63) is 42.3 Å². The molecule has 0 bridgehead atoms. The lowest BCUT2D eigenvalue weighted by atomic mass is 10.1. The Labute approximate surface area is 105 Å². The number of aromatic nitrogens is 2. The zero-order valence-electron chi connectivity index (χ0n) is 10.2. The summed E-state index contributed by atoms with van der Waals surface area (Å²) in [7, 11) is 1.89. The number of halogens is 1. The van der Waals surface area contributed by atoms with Gasteiger partial charge in [-0.15, -0.1) is 0 Å². The third kappa shape index (κ3) is 2.81. The Balaban J connectivity index is 2.29. The molecule has 0 atom stereocenters. The Hall–Kier alpha value is -2.01. The van der Waals surface area contributed by atoms with Crippen LogP contribution in [0.2, 0.25) is 0 Å². The van der Waals surface area contributed by atoms with E-state index in [1.807, 2.05) is 11.9 Å². The number of nitrogens with zero attached hydrogens (tertiary/aromatic N) is 3. The molecule has 2 N–H and O–H groups in total. The summed E-state index contributed by atoms with van der Waals surface area (Å²) in [6, 6.07) is 8.03. The van der Waals surface area contributed by atoms with Gasteiger partial charge < -0.3 is 10.6 Å². The van der Waals surface area contributed by atoms with Crippen LogP contribution in [-0.2, 0) is 0 Å². The molecule has 94 valence electrons.